The highest BCUT2D eigenvalue weighted by molar-refractivity contribution is 9.10. The molecule has 4 rings (SSSR count). The van der Waals surface area contributed by atoms with E-state index >= 15 is 0 Å². The Morgan fingerprint density at radius 1 is 1.17 bits per heavy atom. The zero-order valence-electron chi connectivity index (χ0n) is 12.7. The molecule has 23 heavy (non-hydrogen) atoms. The molecule has 0 saturated carbocycles. The van der Waals surface area contributed by atoms with Crippen LogP contribution in [0.25, 0.3) is 0 Å². The zero-order valence-corrected chi connectivity index (χ0v) is 14.3. The summed E-state index contributed by atoms with van der Waals surface area (Å²) >= 11 is 3.56. The van der Waals surface area contributed by atoms with Crippen molar-refractivity contribution in [3.63, 3.8) is 0 Å². The number of rotatable bonds is 2. The molecule has 0 radical (unpaired) electrons. The summed E-state index contributed by atoms with van der Waals surface area (Å²) in [7, 11) is 1.70. The second-order valence-electron chi connectivity index (χ2n) is 6.09. The zero-order chi connectivity index (χ0) is 16.0. The van der Waals surface area contributed by atoms with Crippen LogP contribution in [0.2, 0.25) is 0 Å². The lowest BCUT2D eigenvalue weighted by molar-refractivity contribution is 0.380. The summed E-state index contributed by atoms with van der Waals surface area (Å²) in [6.07, 6.45) is 5.39. The van der Waals surface area contributed by atoms with Crippen LogP contribution >= 0.6 is 15.9 Å². The molecule has 0 amide bonds. The van der Waals surface area contributed by atoms with Crippen LogP contribution in [0.5, 0.6) is 5.75 Å². The first-order valence-corrected chi connectivity index (χ1v) is 8.53. The number of benzene rings is 2. The van der Waals surface area contributed by atoms with E-state index in [0.717, 1.165) is 33.5 Å². The van der Waals surface area contributed by atoms with Crippen LogP contribution < -0.4 is 10.1 Å². The molecule has 3 atom stereocenters. The second-order valence-corrected chi connectivity index (χ2v) is 7.01. The van der Waals surface area contributed by atoms with Crippen LogP contribution in [0, 0.1) is 11.7 Å². The quantitative estimate of drug-likeness (QED) is 0.709. The molecule has 2 aliphatic rings. The smallest absolute Gasteiger partial charge is 0.124 e. The third kappa shape index (κ3) is 2.45. The molecule has 118 valence electrons. The highest BCUT2D eigenvalue weighted by Crippen LogP contribution is 2.51. The lowest BCUT2D eigenvalue weighted by Gasteiger charge is -2.38. The van der Waals surface area contributed by atoms with Crippen molar-refractivity contribution in [1.82, 2.24) is 0 Å². The van der Waals surface area contributed by atoms with Crippen molar-refractivity contribution in [3.8, 4) is 5.75 Å². The SMILES string of the molecule is COc1ccc(Br)cc1[C@@H]1Nc2ccc(F)cc2[C@H]2C=CC[C@H]21. The standard InChI is InChI=1S/C19H17BrFNO/c1-23-18-8-5-11(20)9-16(18)19-14-4-2-3-13(14)15-10-12(21)6-7-17(15)22-19/h2-3,5-10,13-14,19,22H,4H2,1H3/t13-,14+,19+/m0/s1. The molecular weight excluding hydrogens is 357 g/mol. The Morgan fingerprint density at radius 3 is 2.87 bits per heavy atom. The van der Waals surface area contributed by atoms with Gasteiger partial charge in [-0.05, 0) is 54.3 Å². The van der Waals surface area contributed by atoms with Gasteiger partial charge in [0.2, 0.25) is 0 Å². The van der Waals surface area contributed by atoms with E-state index < -0.39 is 0 Å². The van der Waals surface area contributed by atoms with E-state index in [-0.39, 0.29) is 17.8 Å². The summed E-state index contributed by atoms with van der Waals surface area (Å²) in [6.45, 7) is 0. The minimum Gasteiger partial charge on any atom is -0.496 e. The van der Waals surface area contributed by atoms with E-state index in [1.54, 1.807) is 13.2 Å². The molecule has 1 aliphatic heterocycles. The molecule has 0 fully saturated rings. The topological polar surface area (TPSA) is 21.3 Å². The van der Waals surface area contributed by atoms with Crippen molar-refractivity contribution < 1.29 is 9.13 Å². The van der Waals surface area contributed by atoms with E-state index in [0.29, 0.717) is 5.92 Å². The van der Waals surface area contributed by atoms with Crippen LogP contribution in [0.3, 0.4) is 0 Å². The summed E-state index contributed by atoms with van der Waals surface area (Å²) in [6, 6.07) is 11.2. The highest BCUT2D eigenvalue weighted by atomic mass is 79.9. The van der Waals surface area contributed by atoms with Crippen LogP contribution in [0.1, 0.15) is 29.5 Å². The molecule has 2 aromatic rings. The number of halogens is 2. The van der Waals surface area contributed by atoms with Gasteiger partial charge in [0, 0.05) is 21.6 Å². The Bertz CT molecular complexity index is 789. The van der Waals surface area contributed by atoms with Gasteiger partial charge in [-0.25, -0.2) is 4.39 Å². The Hall–Kier alpha value is -1.81. The summed E-state index contributed by atoms with van der Waals surface area (Å²) in [5.74, 6) is 1.31. The number of allylic oxidation sites excluding steroid dienone is 2. The molecule has 0 unspecified atom stereocenters. The van der Waals surface area contributed by atoms with Gasteiger partial charge in [-0.15, -0.1) is 0 Å². The first-order valence-electron chi connectivity index (χ1n) is 7.73. The van der Waals surface area contributed by atoms with Crippen molar-refractivity contribution in [2.24, 2.45) is 5.92 Å². The van der Waals surface area contributed by atoms with Gasteiger partial charge in [0.1, 0.15) is 11.6 Å². The van der Waals surface area contributed by atoms with Gasteiger partial charge in [-0.2, -0.15) is 0 Å². The maximum atomic E-state index is 13.7. The van der Waals surface area contributed by atoms with Gasteiger partial charge >= 0.3 is 0 Å². The van der Waals surface area contributed by atoms with Gasteiger partial charge in [-0.1, -0.05) is 28.1 Å². The maximum absolute atomic E-state index is 13.7. The van der Waals surface area contributed by atoms with E-state index in [2.05, 4.69) is 39.5 Å². The predicted octanol–water partition coefficient (Wildman–Crippen LogP) is 5.42. The monoisotopic (exact) mass is 373 g/mol. The summed E-state index contributed by atoms with van der Waals surface area (Å²) in [4.78, 5) is 0. The number of hydrogen-bond donors (Lipinski definition) is 1. The molecule has 0 aromatic heterocycles. The highest BCUT2D eigenvalue weighted by Gasteiger charge is 2.39. The second kappa shape index (κ2) is 5.68. The third-order valence-corrected chi connectivity index (χ3v) is 5.34. The average Bonchev–Trinajstić information content (AvgIpc) is 3.04. The van der Waals surface area contributed by atoms with Crippen LogP contribution in [-0.2, 0) is 0 Å². The Morgan fingerprint density at radius 2 is 2.04 bits per heavy atom. The van der Waals surface area contributed by atoms with Crippen molar-refractivity contribution in [2.75, 3.05) is 12.4 Å². The van der Waals surface area contributed by atoms with Gasteiger partial charge < -0.3 is 10.1 Å². The van der Waals surface area contributed by atoms with Gasteiger partial charge in [0.25, 0.3) is 0 Å². The lowest BCUT2D eigenvalue weighted by Crippen LogP contribution is -2.29. The largest absolute Gasteiger partial charge is 0.496 e. The molecule has 4 heteroatoms. The minimum atomic E-state index is -0.178. The predicted molar refractivity (Wildman–Crippen MR) is 93.4 cm³/mol. The molecule has 2 aromatic carbocycles. The number of ether oxygens (including phenoxy) is 1. The first-order chi connectivity index (χ1) is 11.2. The number of fused-ring (bicyclic) bond motifs is 3. The summed E-state index contributed by atoms with van der Waals surface area (Å²) < 4.78 is 20.3. The number of hydrogen-bond acceptors (Lipinski definition) is 2. The first kappa shape index (κ1) is 14.8. The third-order valence-electron chi connectivity index (χ3n) is 4.85. The van der Waals surface area contributed by atoms with E-state index in [1.807, 2.05) is 18.2 Å². The Balaban J connectivity index is 1.82. The number of methoxy groups -OCH3 is 1. The van der Waals surface area contributed by atoms with Crippen LogP contribution in [-0.4, -0.2) is 7.11 Å². The fourth-order valence-corrected chi connectivity index (χ4v) is 4.20. The molecule has 0 bridgehead atoms. The van der Waals surface area contributed by atoms with Crippen molar-refractivity contribution in [3.05, 3.63) is 70.0 Å². The number of nitrogens with one attached hydrogen (secondary N) is 1. The van der Waals surface area contributed by atoms with E-state index in [9.17, 15) is 4.39 Å². The molecule has 1 aliphatic carbocycles. The fraction of sp³-hybridized carbons (Fsp3) is 0.263. The summed E-state index contributed by atoms with van der Waals surface area (Å²) in [5.41, 5.74) is 3.19. The molecule has 0 spiro atoms. The van der Waals surface area contributed by atoms with E-state index in [4.69, 9.17) is 4.74 Å². The minimum absolute atomic E-state index is 0.139. The molecule has 2 nitrogen and oxygen atoms in total. The average molecular weight is 374 g/mol. The Kier molecular flexibility index (Phi) is 3.64. The number of anilines is 1. The normalized spacial score (nSPS) is 24.7. The van der Waals surface area contributed by atoms with Crippen molar-refractivity contribution in [2.45, 2.75) is 18.4 Å². The maximum Gasteiger partial charge on any atom is 0.124 e. The van der Waals surface area contributed by atoms with Crippen LogP contribution in [0.15, 0.2) is 53.0 Å². The molecule has 1 N–H and O–H groups in total. The fourth-order valence-electron chi connectivity index (χ4n) is 3.82. The molecular formula is C19H17BrFNO. The van der Waals surface area contributed by atoms with Crippen molar-refractivity contribution >= 4 is 21.6 Å². The van der Waals surface area contributed by atoms with Gasteiger partial charge in [0.15, 0.2) is 0 Å². The van der Waals surface area contributed by atoms with E-state index in [1.165, 1.54) is 6.07 Å². The molecule has 1 heterocycles. The lowest BCUT2D eigenvalue weighted by atomic mass is 9.77. The Labute approximate surface area is 143 Å². The van der Waals surface area contributed by atoms with Crippen LogP contribution in [0.4, 0.5) is 10.1 Å². The van der Waals surface area contributed by atoms with Crippen molar-refractivity contribution in [1.29, 1.82) is 0 Å². The summed E-state index contributed by atoms with van der Waals surface area (Å²) in [5, 5.41) is 3.61. The molecule has 0 saturated heterocycles. The van der Waals surface area contributed by atoms with Gasteiger partial charge in [-0.3, -0.25) is 0 Å². The van der Waals surface area contributed by atoms with Gasteiger partial charge in [0.05, 0.1) is 13.2 Å².